The molecule has 0 fully saturated rings. The molecule has 13 heavy (non-hydrogen) atoms. The zero-order valence-corrected chi connectivity index (χ0v) is 8.42. The molecule has 0 aliphatic rings. The summed E-state index contributed by atoms with van der Waals surface area (Å²) in [6.07, 6.45) is -2.29. The predicted octanol–water partition coefficient (Wildman–Crippen LogP) is 2.11. The molecule has 0 unspecified atom stereocenters. The lowest BCUT2D eigenvalue weighted by Crippen LogP contribution is -2.20. The first-order valence-corrected chi connectivity index (χ1v) is 4.83. The molecule has 1 N–H and O–H groups in total. The third-order valence-electron chi connectivity index (χ3n) is 1.65. The topological polar surface area (TPSA) is 24.9 Å². The van der Waals surface area contributed by atoms with Crippen molar-refractivity contribution in [1.29, 1.82) is 0 Å². The summed E-state index contributed by atoms with van der Waals surface area (Å²) < 4.78 is 23.5. The molecule has 2 nitrogen and oxygen atoms in total. The van der Waals surface area contributed by atoms with Crippen LogP contribution in [0.15, 0.2) is 0 Å². The first-order chi connectivity index (χ1) is 6.09. The van der Waals surface area contributed by atoms with Crippen LogP contribution in [-0.4, -0.2) is 18.0 Å². The van der Waals surface area contributed by atoms with E-state index in [2.05, 4.69) is 10.3 Å². The lowest BCUT2D eigenvalue weighted by molar-refractivity contribution is 0.145. The first kappa shape index (κ1) is 10.5. The number of aryl methyl sites for hydroxylation is 2. The number of rotatable bonds is 4. The number of alkyl halides is 2. The second-order valence-corrected chi connectivity index (χ2v) is 4.06. The van der Waals surface area contributed by atoms with E-state index in [0.29, 0.717) is 6.54 Å². The molecule has 0 aliphatic heterocycles. The van der Waals surface area contributed by atoms with Crippen molar-refractivity contribution in [2.45, 2.75) is 26.8 Å². The van der Waals surface area contributed by atoms with Gasteiger partial charge in [-0.2, -0.15) is 0 Å². The molecule has 5 heteroatoms. The minimum atomic E-state index is -2.29. The standard InChI is InChI=1S/C8H12F2N2S/c1-5-6(2)13-8(12-5)4-11-3-7(9)10/h7,11H,3-4H2,1-2H3. The number of hydrogen-bond donors (Lipinski definition) is 1. The van der Waals surface area contributed by atoms with Gasteiger partial charge in [-0.3, -0.25) is 0 Å². The first-order valence-electron chi connectivity index (χ1n) is 4.01. The Morgan fingerprint density at radius 3 is 2.62 bits per heavy atom. The Morgan fingerprint density at radius 1 is 1.46 bits per heavy atom. The maximum absolute atomic E-state index is 11.7. The highest BCUT2D eigenvalue weighted by atomic mass is 32.1. The molecular weight excluding hydrogens is 194 g/mol. The molecule has 0 aliphatic carbocycles. The Balaban J connectivity index is 2.37. The van der Waals surface area contributed by atoms with Crippen molar-refractivity contribution in [2.24, 2.45) is 0 Å². The SMILES string of the molecule is Cc1nc(CNCC(F)F)sc1C. The van der Waals surface area contributed by atoms with Gasteiger partial charge in [-0.15, -0.1) is 11.3 Å². The average Bonchev–Trinajstić information content (AvgIpc) is 2.30. The molecule has 0 spiro atoms. The summed E-state index contributed by atoms with van der Waals surface area (Å²) >= 11 is 1.55. The minimum Gasteiger partial charge on any atom is -0.305 e. The molecular formula is C8H12F2N2S. The summed E-state index contributed by atoms with van der Waals surface area (Å²) in [6, 6.07) is 0. The van der Waals surface area contributed by atoms with Gasteiger partial charge in [0.15, 0.2) is 0 Å². The van der Waals surface area contributed by atoms with Crippen LogP contribution in [0.3, 0.4) is 0 Å². The molecule has 0 atom stereocenters. The van der Waals surface area contributed by atoms with Crippen molar-refractivity contribution in [2.75, 3.05) is 6.54 Å². The quantitative estimate of drug-likeness (QED) is 0.816. The number of thiazole rings is 1. The van der Waals surface area contributed by atoms with Gasteiger partial charge >= 0.3 is 0 Å². The smallest absolute Gasteiger partial charge is 0.250 e. The average molecular weight is 206 g/mol. The molecule has 0 saturated heterocycles. The van der Waals surface area contributed by atoms with Crippen molar-refractivity contribution in [3.8, 4) is 0 Å². The molecule has 0 radical (unpaired) electrons. The van der Waals surface area contributed by atoms with Crippen LogP contribution in [0.4, 0.5) is 8.78 Å². The lowest BCUT2D eigenvalue weighted by Gasteiger charge is -1.99. The summed E-state index contributed by atoms with van der Waals surface area (Å²) in [7, 11) is 0. The van der Waals surface area contributed by atoms with Gasteiger partial charge in [-0.25, -0.2) is 13.8 Å². The molecule has 1 aromatic heterocycles. The lowest BCUT2D eigenvalue weighted by atomic mass is 10.4. The Kier molecular flexibility index (Phi) is 3.74. The molecule has 74 valence electrons. The third-order valence-corrected chi connectivity index (χ3v) is 2.72. The van der Waals surface area contributed by atoms with E-state index in [-0.39, 0.29) is 6.54 Å². The Labute approximate surface area is 80.0 Å². The van der Waals surface area contributed by atoms with Gasteiger partial charge < -0.3 is 5.32 Å². The van der Waals surface area contributed by atoms with Crippen LogP contribution in [0.2, 0.25) is 0 Å². The van der Waals surface area contributed by atoms with E-state index in [1.54, 1.807) is 11.3 Å². The maximum Gasteiger partial charge on any atom is 0.250 e. The van der Waals surface area contributed by atoms with Crippen LogP contribution in [-0.2, 0) is 6.54 Å². The van der Waals surface area contributed by atoms with Crippen LogP contribution in [0.1, 0.15) is 15.6 Å². The Hall–Kier alpha value is -0.550. The number of aromatic nitrogens is 1. The fraction of sp³-hybridized carbons (Fsp3) is 0.625. The predicted molar refractivity (Wildman–Crippen MR) is 49.3 cm³/mol. The van der Waals surface area contributed by atoms with Crippen LogP contribution >= 0.6 is 11.3 Å². The summed E-state index contributed by atoms with van der Waals surface area (Å²) in [5, 5.41) is 3.51. The molecule has 1 rings (SSSR count). The fourth-order valence-corrected chi connectivity index (χ4v) is 1.81. The van der Waals surface area contributed by atoms with E-state index in [0.717, 1.165) is 15.6 Å². The molecule has 0 amide bonds. The van der Waals surface area contributed by atoms with Gasteiger partial charge in [0.2, 0.25) is 0 Å². The largest absolute Gasteiger partial charge is 0.305 e. The van der Waals surface area contributed by atoms with Crippen molar-refractivity contribution in [1.82, 2.24) is 10.3 Å². The summed E-state index contributed by atoms with van der Waals surface area (Å²) in [6.45, 7) is 4.06. The molecule has 0 saturated carbocycles. The summed E-state index contributed by atoms with van der Waals surface area (Å²) in [4.78, 5) is 5.37. The third kappa shape index (κ3) is 3.36. The number of halogens is 2. The summed E-state index contributed by atoms with van der Waals surface area (Å²) in [5.74, 6) is 0. The normalized spacial score (nSPS) is 11.2. The van der Waals surface area contributed by atoms with Gasteiger partial charge in [-0.05, 0) is 13.8 Å². The zero-order chi connectivity index (χ0) is 9.84. The van der Waals surface area contributed by atoms with Crippen LogP contribution in [0, 0.1) is 13.8 Å². The van der Waals surface area contributed by atoms with E-state index in [1.807, 2.05) is 13.8 Å². The fourth-order valence-electron chi connectivity index (χ4n) is 0.903. The number of hydrogen-bond acceptors (Lipinski definition) is 3. The highest BCUT2D eigenvalue weighted by Gasteiger charge is 2.05. The van der Waals surface area contributed by atoms with Crippen LogP contribution < -0.4 is 5.32 Å². The van der Waals surface area contributed by atoms with Gasteiger partial charge in [0.1, 0.15) is 5.01 Å². The Bertz CT molecular complexity index is 254. The second-order valence-electron chi connectivity index (χ2n) is 2.77. The monoisotopic (exact) mass is 206 g/mol. The van der Waals surface area contributed by atoms with Crippen molar-refractivity contribution in [3.63, 3.8) is 0 Å². The molecule has 0 aromatic carbocycles. The van der Waals surface area contributed by atoms with E-state index >= 15 is 0 Å². The Morgan fingerprint density at radius 2 is 2.15 bits per heavy atom. The van der Waals surface area contributed by atoms with Gasteiger partial charge in [-0.1, -0.05) is 0 Å². The van der Waals surface area contributed by atoms with Crippen molar-refractivity contribution >= 4 is 11.3 Å². The second kappa shape index (κ2) is 4.62. The summed E-state index contributed by atoms with van der Waals surface area (Å²) in [5.41, 5.74) is 0.985. The van der Waals surface area contributed by atoms with Crippen molar-refractivity contribution < 1.29 is 8.78 Å². The van der Waals surface area contributed by atoms with Crippen LogP contribution in [0.5, 0.6) is 0 Å². The zero-order valence-electron chi connectivity index (χ0n) is 7.60. The van der Waals surface area contributed by atoms with Gasteiger partial charge in [0.05, 0.1) is 12.2 Å². The van der Waals surface area contributed by atoms with E-state index < -0.39 is 6.43 Å². The maximum atomic E-state index is 11.7. The highest BCUT2D eigenvalue weighted by molar-refractivity contribution is 7.11. The van der Waals surface area contributed by atoms with Gasteiger partial charge in [0.25, 0.3) is 6.43 Å². The van der Waals surface area contributed by atoms with E-state index in [9.17, 15) is 8.78 Å². The van der Waals surface area contributed by atoms with Gasteiger partial charge in [0, 0.05) is 11.4 Å². The molecule has 0 bridgehead atoms. The van der Waals surface area contributed by atoms with Crippen molar-refractivity contribution in [3.05, 3.63) is 15.6 Å². The molecule has 1 aromatic rings. The van der Waals surface area contributed by atoms with E-state index in [1.165, 1.54) is 0 Å². The highest BCUT2D eigenvalue weighted by Crippen LogP contribution is 2.15. The number of nitrogens with one attached hydrogen (secondary N) is 1. The molecule has 1 heterocycles. The minimum absolute atomic E-state index is 0.266. The van der Waals surface area contributed by atoms with E-state index in [4.69, 9.17) is 0 Å². The number of nitrogens with zero attached hydrogens (tertiary/aromatic N) is 1. The van der Waals surface area contributed by atoms with Crippen LogP contribution in [0.25, 0.3) is 0 Å².